The molecule has 0 aliphatic heterocycles. The van der Waals surface area contributed by atoms with Gasteiger partial charge in [0.15, 0.2) is 5.78 Å². The van der Waals surface area contributed by atoms with Crippen LogP contribution in [-0.4, -0.2) is 34.9 Å². The van der Waals surface area contributed by atoms with Crippen molar-refractivity contribution in [2.24, 2.45) is 0 Å². The van der Waals surface area contributed by atoms with Crippen molar-refractivity contribution >= 4 is 28.6 Å². The molecule has 2 aromatic rings. The number of Topliss-reactive ketones (excluding diaryl/α,β-unsaturated/α-hetero) is 1. The molecule has 6 heteroatoms. The van der Waals surface area contributed by atoms with Crippen molar-refractivity contribution in [3.63, 3.8) is 0 Å². The summed E-state index contributed by atoms with van der Waals surface area (Å²) in [6, 6.07) is 2.67. The van der Waals surface area contributed by atoms with E-state index in [2.05, 4.69) is 9.72 Å². The van der Waals surface area contributed by atoms with Gasteiger partial charge in [0.2, 0.25) is 0 Å². The maximum atomic E-state index is 11.6. The van der Waals surface area contributed by atoms with Crippen molar-refractivity contribution in [3.05, 3.63) is 35.0 Å². The smallest absolute Gasteiger partial charge is 0.338 e. The first-order valence-corrected chi connectivity index (χ1v) is 5.43. The van der Waals surface area contributed by atoms with E-state index in [4.69, 9.17) is 5.11 Å². The Morgan fingerprint density at radius 1 is 1.16 bits per heavy atom. The molecule has 0 saturated carbocycles. The minimum absolute atomic E-state index is 0.0561. The van der Waals surface area contributed by atoms with Crippen molar-refractivity contribution < 1.29 is 24.2 Å². The molecule has 0 unspecified atom stereocenters. The van der Waals surface area contributed by atoms with Gasteiger partial charge in [-0.2, -0.15) is 0 Å². The summed E-state index contributed by atoms with van der Waals surface area (Å²) in [7, 11) is 1.17. The summed E-state index contributed by atoms with van der Waals surface area (Å²) in [5, 5.41) is 9.60. The van der Waals surface area contributed by atoms with Crippen LogP contribution in [0.3, 0.4) is 0 Å². The largest absolute Gasteiger partial charge is 0.478 e. The Labute approximate surface area is 108 Å². The first kappa shape index (κ1) is 12.8. The highest BCUT2D eigenvalue weighted by Crippen LogP contribution is 2.24. The fraction of sp³-hybridized carbons (Fsp3) is 0.154. The highest BCUT2D eigenvalue weighted by Gasteiger charge is 2.20. The minimum atomic E-state index is -1.25. The predicted octanol–water partition coefficient (Wildman–Crippen LogP) is 1.86. The number of ether oxygens (including phenoxy) is 1. The highest BCUT2D eigenvalue weighted by molar-refractivity contribution is 6.11. The number of benzene rings is 1. The maximum Gasteiger partial charge on any atom is 0.338 e. The van der Waals surface area contributed by atoms with Gasteiger partial charge in [-0.3, -0.25) is 4.79 Å². The van der Waals surface area contributed by atoms with Gasteiger partial charge in [0.05, 0.1) is 18.2 Å². The average Bonchev–Trinajstić information content (AvgIpc) is 2.78. The zero-order valence-corrected chi connectivity index (χ0v) is 10.3. The highest BCUT2D eigenvalue weighted by atomic mass is 16.5. The molecule has 98 valence electrons. The number of aromatic nitrogens is 1. The zero-order valence-electron chi connectivity index (χ0n) is 10.3. The number of rotatable bonds is 3. The molecule has 0 radical (unpaired) electrons. The number of methoxy groups -OCH3 is 1. The van der Waals surface area contributed by atoms with E-state index in [9.17, 15) is 14.4 Å². The van der Waals surface area contributed by atoms with Crippen LogP contribution in [-0.2, 0) is 4.74 Å². The Morgan fingerprint density at radius 3 is 2.37 bits per heavy atom. The molecule has 0 aliphatic rings. The van der Waals surface area contributed by atoms with Gasteiger partial charge in [-0.25, -0.2) is 9.59 Å². The Kier molecular flexibility index (Phi) is 3.08. The second-order valence-corrected chi connectivity index (χ2v) is 4.00. The number of aromatic carboxylic acids is 1. The number of carboxylic acids is 1. The van der Waals surface area contributed by atoms with E-state index >= 15 is 0 Å². The monoisotopic (exact) mass is 261 g/mol. The summed E-state index contributed by atoms with van der Waals surface area (Å²) in [4.78, 5) is 37.0. The van der Waals surface area contributed by atoms with Gasteiger partial charge in [-0.15, -0.1) is 0 Å². The molecule has 1 heterocycles. The number of esters is 1. The van der Waals surface area contributed by atoms with Crippen LogP contribution in [0.4, 0.5) is 0 Å². The van der Waals surface area contributed by atoms with Gasteiger partial charge in [-0.1, -0.05) is 0 Å². The topological polar surface area (TPSA) is 96.5 Å². The fourth-order valence-corrected chi connectivity index (χ4v) is 1.92. The molecule has 1 aromatic carbocycles. The third-order valence-electron chi connectivity index (χ3n) is 2.83. The summed E-state index contributed by atoms with van der Waals surface area (Å²) >= 11 is 0. The third kappa shape index (κ3) is 2.08. The lowest BCUT2D eigenvalue weighted by Gasteiger charge is -2.05. The first-order chi connectivity index (χ1) is 8.95. The lowest BCUT2D eigenvalue weighted by molar-refractivity contribution is 0.0583. The number of fused-ring (bicyclic) bond motifs is 1. The summed E-state index contributed by atoms with van der Waals surface area (Å²) in [5.41, 5.74) is 0.644. The van der Waals surface area contributed by atoms with Crippen LogP contribution in [0.2, 0.25) is 0 Å². The number of carbonyl (C=O) groups excluding carboxylic acids is 2. The number of carbonyl (C=O) groups is 3. The lowest BCUT2D eigenvalue weighted by Crippen LogP contribution is -2.10. The second-order valence-electron chi connectivity index (χ2n) is 4.00. The molecule has 19 heavy (non-hydrogen) atoms. The molecule has 1 aromatic heterocycles. The lowest BCUT2D eigenvalue weighted by atomic mass is 10.0. The fourth-order valence-electron chi connectivity index (χ4n) is 1.92. The van der Waals surface area contributed by atoms with Gasteiger partial charge in [0.1, 0.15) is 0 Å². The SMILES string of the molecule is COC(=O)c1cc2[nH]cc(C(C)=O)c2cc1C(=O)O. The van der Waals surface area contributed by atoms with Crippen LogP contribution in [0.1, 0.15) is 38.0 Å². The molecule has 0 amide bonds. The van der Waals surface area contributed by atoms with Gasteiger partial charge >= 0.3 is 11.9 Å². The van der Waals surface area contributed by atoms with Gasteiger partial charge in [-0.05, 0) is 19.1 Å². The molecule has 0 spiro atoms. The normalized spacial score (nSPS) is 10.4. The zero-order chi connectivity index (χ0) is 14.2. The van der Waals surface area contributed by atoms with Crippen LogP contribution in [0.25, 0.3) is 10.9 Å². The molecular formula is C13H11NO5. The molecule has 0 atom stereocenters. The molecule has 2 rings (SSSR count). The number of carboxylic acid groups (broad SMARTS) is 1. The molecule has 6 nitrogen and oxygen atoms in total. The number of nitrogens with one attached hydrogen (secondary N) is 1. The number of hydrogen-bond acceptors (Lipinski definition) is 4. The van der Waals surface area contributed by atoms with Crippen molar-refractivity contribution in [3.8, 4) is 0 Å². The first-order valence-electron chi connectivity index (χ1n) is 5.43. The summed E-state index contributed by atoms with van der Waals surface area (Å²) in [6.07, 6.45) is 1.49. The molecule has 0 fully saturated rings. The summed E-state index contributed by atoms with van der Waals surface area (Å²) < 4.78 is 4.55. The Balaban J connectivity index is 2.78. The van der Waals surface area contributed by atoms with E-state index in [1.165, 1.54) is 32.4 Å². The van der Waals surface area contributed by atoms with E-state index in [-0.39, 0.29) is 16.9 Å². The van der Waals surface area contributed by atoms with Crippen molar-refractivity contribution in [1.29, 1.82) is 0 Å². The standard InChI is InChI=1S/C13H11NO5/c1-6(15)10-5-14-11-4-9(13(18)19-2)8(12(16)17)3-7(10)11/h3-5,14H,1-2H3,(H,16,17). The number of hydrogen-bond donors (Lipinski definition) is 2. The third-order valence-corrected chi connectivity index (χ3v) is 2.83. The minimum Gasteiger partial charge on any atom is -0.478 e. The van der Waals surface area contributed by atoms with Crippen molar-refractivity contribution in [1.82, 2.24) is 4.98 Å². The van der Waals surface area contributed by atoms with Crippen molar-refractivity contribution in [2.45, 2.75) is 6.92 Å². The van der Waals surface area contributed by atoms with Crippen LogP contribution in [0, 0.1) is 0 Å². The maximum absolute atomic E-state index is 11.6. The van der Waals surface area contributed by atoms with Gasteiger partial charge in [0, 0.05) is 22.7 Å². The second kappa shape index (κ2) is 4.56. The predicted molar refractivity (Wildman–Crippen MR) is 66.6 cm³/mol. The van der Waals surface area contributed by atoms with E-state index in [1.807, 2.05) is 0 Å². The van der Waals surface area contributed by atoms with E-state index in [0.717, 1.165) is 0 Å². The van der Waals surface area contributed by atoms with Crippen LogP contribution in [0.5, 0.6) is 0 Å². The van der Waals surface area contributed by atoms with Crippen LogP contribution in [0.15, 0.2) is 18.3 Å². The average molecular weight is 261 g/mol. The molecule has 0 saturated heterocycles. The van der Waals surface area contributed by atoms with Crippen molar-refractivity contribution in [2.75, 3.05) is 7.11 Å². The number of H-pyrrole nitrogens is 1. The number of ketones is 1. The Hall–Kier alpha value is -2.63. The molecule has 2 N–H and O–H groups in total. The van der Waals surface area contributed by atoms with E-state index < -0.39 is 11.9 Å². The summed E-state index contributed by atoms with van der Waals surface area (Å²) in [6.45, 7) is 1.39. The Bertz CT molecular complexity index is 698. The Morgan fingerprint density at radius 2 is 1.84 bits per heavy atom. The molecule has 0 bridgehead atoms. The van der Waals surface area contributed by atoms with E-state index in [0.29, 0.717) is 16.5 Å². The molecule has 0 aliphatic carbocycles. The van der Waals surface area contributed by atoms with Gasteiger partial charge in [0.25, 0.3) is 0 Å². The van der Waals surface area contributed by atoms with Crippen LogP contribution >= 0.6 is 0 Å². The number of aromatic amines is 1. The quantitative estimate of drug-likeness (QED) is 0.649. The summed E-state index contributed by atoms with van der Waals surface area (Å²) in [5.74, 6) is -2.18. The van der Waals surface area contributed by atoms with E-state index in [1.54, 1.807) is 0 Å². The van der Waals surface area contributed by atoms with Gasteiger partial charge < -0.3 is 14.8 Å². The molecular weight excluding hydrogens is 250 g/mol. The van der Waals surface area contributed by atoms with Crippen LogP contribution < -0.4 is 0 Å².